The summed E-state index contributed by atoms with van der Waals surface area (Å²) in [7, 11) is 1.67. The van der Waals surface area contributed by atoms with E-state index in [1.165, 1.54) is 12.1 Å². The number of hydrogen-bond donors (Lipinski definition) is 1. The molecule has 130 valence electrons. The van der Waals surface area contributed by atoms with Gasteiger partial charge in [0.2, 0.25) is 5.91 Å². The first-order chi connectivity index (χ1) is 12.1. The predicted molar refractivity (Wildman–Crippen MR) is 89.9 cm³/mol. The van der Waals surface area contributed by atoms with Crippen LogP contribution in [0.15, 0.2) is 54.6 Å². The van der Waals surface area contributed by atoms with Gasteiger partial charge >= 0.3 is 0 Å². The standard InChI is InChI=1S/C19H19FN2O3/c1-22-16(23)12-25-18(17(22)14-5-3-2-4-6-14)19(24)21-11-13-7-9-15(20)10-8-13/h2-10,17-18H,11-12H2,1H3,(H,21,24)/t17-,18+/m0/s1. The molecule has 6 heteroatoms. The van der Waals surface area contributed by atoms with E-state index < -0.39 is 12.1 Å². The third kappa shape index (κ3) is 3.85. The van der Waals surface area contributed by atoms with Crippen LogP contribution in [0.3, 0.4) is 0 Å². The molecule has 1 aliphatic rings. The zero-order valence-corrected chi connectivity index (χ0v) is 13.8. The van der Waals surface area contributed by atoms with Crippen LogP contribution in [0.5, 0.6) is 0 Å². The van der Waals surface area contributed by atoms with Gasteiger partial charge < -0.3 is 15.0 Å². The average molecular weight is 342 g/mol. The number of carbonyl (C=O) groups excluding carboxylic acids is 2. The highest BCUT2D eigenvalue weighted by atomic mass is 19.1. The number of carbonyl (C=O) groups is 2. The number of halogens is 1. The second-order valence-corrected chi connectivity index (χ2v) is 5.94. The maximum Gasteiger partial charge on any atom is 0.251 e. The van der Waals surface area contributed by atoms with Gasteiger partial charge in [0.25, 0.3) is 5.91 Å². The van der Waals surface area contributed by atoms with Crippen LogP contribution in [0, 0.1) is 5.82 Å². The molecule has 2 aromatic carbocycles. The topological polar surface area (TPSA) is 58.6 Å². The van der Waals surface area contributed by atoms with Crippen molar-refractivity contribution >= 4 is 11.8 Å². The monoisotopic (exact) mass is 342 g/mol. The number of hydrogen-bond acceptors (Lipinski definition) is 3. The van der Waals surface area contributed by atoms with Crippen molar-refractivity contribution in [1.29, 1.82) is 0 Å². The van der Waals surface area contributed by atoms with E-state index in [9.17, 15) is 14.0 Å². The largest absolute Gasteiger partial charge is 0.356 e. The van der Waals surface area contributed by atoms with Crippen molar-refractivity contribution < 1.29 is 18.7 Å². The summed E-state index contributed by atoms with van der Waals surface area (Å²) in [4.78, 5) is 26.2. The van der Waals surface area contributed by atoms with Gasteiger partial charge in [0.05, 0.1) is 6.04 Å². The van der Waals surface area contributed by atoms with Crippen molar-refractivity contribution in [3.63, 3.8) is 0 Å². The Morgan fingerprint density at radius 2 is 1.88 bits per heavy atom. The highest BCUT2D eigenvalue weighted by Crippen LogP contribution is 2.29. The first-order valence-electron chi connectivity index (χ1n) is 8.00. The van der Waals surface area contributed by atoms with Gasteiger partial charge in [0.1, 0.15) is 12.4 Å². The Balaban J connectivity index is 1.74. The van der Waals surface area contributed by atoms with Gasteiger partial charge in [0, 0.05) is 13.6 Å². The minimum absolute atomic E-state index is 0.130. The Morgan fingerprint density at radius 3 is 2.56 bits per heavy atom. The number of nitrogens with one attached hydrogen (secondary N) is 1. The van der Waals surface area contributed by atoms with Gasteiger partial charge in [-0.25, -0.2) is 4.39 Å². The van der Waals surface area contributed by atoms with Crippen LogP contribution < -0.4 is 5.32 Å². The lowest BCUT2D eigenvalue weighted by Gasteiger charge is -2.38. The quantitative estimate of drug-likeness (QED) is 0.925. The molecule has 0 aromatic heterocycles. The summed E-state index contributed by atoms with van der Waals surface area (Å²) in [5, 5.41) is 2.80. The molecule has 1 N–H and O–H groups in total. The van der Waals surface area contributed by atoms with E-state index in [4.69, 9.17) is 4.74 Å². The third-order valence-corrected chi connectivity index (χ3v) is 4.26. The van der Waals surface area contributed by atoms with Crippen LogP contribution in [-0.2, 0) is 20.9 Å². The lowest BCUT2D eigenvalue weighted by Crippen LogP contribution is -2.52. The summed E-state index contributed by atoms with van der Waals surface area (Å²) in [6.45, 7) is 0.132. The van der Waals surface area contributed by atoms with E-state index in [1.807, 2.05) is 30.3 Å². The molecule has 5 nitrogen and oxygen atoms in total. The van der Waals surface area contributed by atoms with Crippen molar-refractivity contribution in [3.8, 4) is 0 Å². The maximum absolute atomic E-state index is 13.0. The number of ether oxygens (including phenoxy) is 1. The van der Waals surface area contributed by atoms with Crippen LogP contribution >= 0.6 is 0 Å². The van der Waals surface area contributed by atoms with Crippen molar-refractivity contribution in [1.82, 2.24) is 10.2 Å². The van der Waals surface area contributed by atoms with E-state index in [-0.39, 0.29) is 30.8 Å². The molecule has 1 fully saturated rings. The fourth-order valence-electron chi connectivity index (χ4n) is 2.87. The molecule has 25 heavy (non-hydrogen) atoms. The van der Waals surface area contributed by atoms with Gasteiger partial charge in [-0.05, 0) is 23.3 Å². The van der Waals surface area contributed by atoms with Crippen molar-refractivity contribution in [2.45, 2.75) is 18.7 Å². The van der Waals surface area contributed by atoms with Crippen LogP contribution in [0.1, 0.15) is 17.2 Å². The Hall–Kier alpha value is -2.73. The summed E-state index contributed by atoms with van der Waals surface area (Å²) in [5.74, 6) is -0.802. The van der Waals surface area contributed by atoms with Crippen LogP contribution in [0.4, 0.5) is 4.39 Å². The van der Waals surface area contributed by atoms with E-state index in [2.05, 4.69) is 5.32 Å². The van der Waals surface area contributed by atoms with Gasteiger partial charge in [-0.2, -0.15) is 0 Å². The number of amides is 2. The maximum atomic E-state index is 13.0. The highest BCUT2D eigenvalue weighted by Gasteiger charge is 2.39. The molecule has 2 amide bonds. The molecular weight excluding hydrogens is 323 g/mol. The number of rotatable bonds is 4. The Kier molecular flexibility index (Phi) is 5.09. The molecule has 1 aliphatic heterocycles. The number of likely N-dealkylation sites (N-methyl/N-ethyl adjacent to an activating group) is 1. The smallest absolute Gasteiger partial charge is 0.251 e. The fraction of sp³-hybridized carbons (Fsp3) is 0.263. The first kappa shape index (κ1) is 17.1. The minimum atomic E-state index is -0.800. The average Bonchev–Trinajstić information content (AvgIpc) is 2.64. The van der Waals surface area contributed by atoms with Crippen LogP contribution in [0.25, 0.3) is 0 Å². The molecule has 0 spiro atoms. The lowest BCUT2D eigenvalue weighted by atomic mass is 9.97. The molecule has 0 radical (unpaired) electrons. The van der Waals surface area contributed by atoms with Gasteiger partial charge in [-0.1, -0.05) is 42.5 Å². The molecule has 0 aliphatic carbocycles. The van der Waals surface area contributed by atoms with Gasteiger partial charge in [-0.3, -0.25) is 9.59 Å². The van der Waals surface area contributed by atoms with Crippen molar-refractivity contribution in [2.24, 2.45) is 0 Å². The number of nitrogens with zero attached hydrogens (tertiary/aromatic N) is 1. The minimum Gasteiger partial charge on any atom is -0.356 e. The third-order valence-electron chi connectivity index (χ3n) is 4.26. The van der Waals surface area contributed by atoms with E-state index >= 15 is 0 Å². The molecule has 2 atom stereocenters. The summed E-state index contributed by atoms with van der Waals surface area (Å²) >= 11 is 0. The van der Waals surface area contributed by atoms with Crippen molar-refractivity contribution in [3.05, 3.63) is 71.5 Å². The van der Waals surface area contributed by atoms with E-state index in [0.717, 1.165) is 11.1 Å². The number of benzene rings is 2. The van der Waals surface area contributed by atoms with Crippen LogP contribution in [-0.4, -0.2) is 36.5 Å². The first-order valence-corrected chi connectivity index (χ1v) is 8.00. The summed E-state index contributed by atoms with van der Waals surface area (Å²) in [6.07, 6.45) is -0.800. The SMILES string of the molecule is CN1C(=O)CO[C@@H](C(=O)NCc2ccc(F)cc2)[C@@H]1c1ccccc1. The van der Waals surface area contributed by atoms with Crippen molar-refractivity contribution in [2.75, 3.05) is 13.7 Å². The molecule has 1 saturated heterocycles. The van der Waals surface area contributed by atoms with Crippen LogP contribution in [0.2, 0.25) is 0 Å². The zero-order chi connectivity index (χ0) is 17.8. The van der Waals surface area contributed by atoms with E-state index in [0.29, 0.717) is 0 Å². The highest BCUT2D eigenvalue weighted by molar-refractivity contribution is 5.86. The molecule has 0 unspecified atom stereocenters. The fourth-order valence-corrected chi connectivity index (χ4v) is 2.87. The lowest BCUT2D eigenvalue weighted by molar-refractivity contribution is -0.162. The normalized spacial score (nSPS) is 20.4. The van der Waals surface area contributed by atoms with Gasteiger partial charge in [-0.15, -0.1) is 0 Å². The molecular formula is C19H19FN2O3. The summed E-state index contributed by atoms with van der Waals surface area (Å²) < 4.78 is 18.5. The Morgan fingerprint density at radius 1 is 1.20 bits per heavy atom. The molecule has 2 aromatic rings. The summed E-state index contributed by atoms with van der Waals surface area (Å²) in [5.41, 5.74) is 1.62. The Bertz CT molecular complexity index is 749. The van der Waals surface area contributed by atoms with Gasteiger partial charge in [0.15, 0.2) is 6.10 Å². The summed E-state index contributed by atoms with van der Waals surface area (Å²) in [6, 6.07) is 14.7. The molecule has 0 bridgehead atoms. The number of morpholine rings is 1. The second-order valence-electron chi connectivity index (χ2n) is 5.94. The Labute approximate surface area is 145 Å². The molecule has 3 rings (SSSR count). The van der Waals surface area contributed by atoms with E-state index in [1.54, 1.807) is 24.1 Å². The molecule has 0 saturated carbocycles. The zero-order valence-electron chi connectivity index (χ0n) is 13.8. The molecule has 1 heterocycles. The predicted octanol–water partition coefficient (Wildman–Crippen LogP) is 2.04. The second kappa shape index (κ2) is 7.44.